The summed E-state index contributed by atoms with van der Waals surface area (Å²) in [5, 5.41) is 18.1. The third-order valence-corrected chi connectivity index (χ3v) is 3.63. The Balaban J connectivity index is 1.79. The summed E-state index contributed by atoms with van der Waals surface area (Å²) < 4.78 is 0. The predicted molar refractivity (Wildman–Crippen MR) is 77.1 cm³/mol. The molecule has 0 spiro atoms. The maximum atomic E-state index is 12.2. The van der Waals surface area contributed by atoms with E-state index in [-0.39, 0.29) is 24.5 Å². The molecule has 2 rings (SSSR count). The Kier molecular flexibility index (Phi) is 5.16. The zero-order valence-electron chi connectivity index (χ0n) is 11.9. The first-order valence-electron chi connectivity index (χ1n) is 7.04. The van der Waals surface area contributed by atoms with Crippen molar-refractivity contribution in [1.29, 1.82) is 0 Å². The molecule has 6 heteroatoms. The maximum Gasteiger partial charge on any atom is 0.304 e. The van der Waals surface area contributed by atoms with E-state index >= 15 is 0 Å². The van der Waals surface area contributed by atoms with Crippen molar-refractivity contribution in [2.24, 2.45) is 0 Å². The Bertz CT molecular complexity index is 510. The molecule has 114 valence electrons. The largest absolute Gasteiger partial charge is 0.508 e. The van der Waals surface area contributed by atoms with Crippen LogP contribution in [0, 0.1) is 0 Å². The Labute approximate surface area is 123 Å². The summed E-state index contributed by atoms with van der Waals surface area (Å²) in [6, 6.07) is 6.72. The van der Waals surface area contributed by atoms with E-state index in [9.17, 15) is 14.7 Å². The number of hydrogen-bond acceptors (Lipinski definition) is 4. The fourth-order valence-corrected chi connectivity index (χ4v) is 2.43. The number of carboxylic acids is 1. The minimum atomic E-state index is -0.794. The highest BCUT2D eigenvalue weighted by Gasteiger charge is 2.21. The summed E-state index contributed by atoms with van der Waals surface area (Å²) in [7, 11) is 0. The topological polar surface area (TPSA) is 81.1 Å². The van der Waals surface area contributed by atoms with E-state index in [0.29, 0.717) is 32.7 Å². The van der Waals surface area contributed by atoms with Crippen molar-refractivity contribution in [2.45, 2.75) is 12.8 Å². The number of rotatable bonds is 5. The second-order valence-electron chi connectivity index (χ2n) is 5.21. The molecule has 1 aromatic rings. The lowest BCUT2D eigenvalue weighted by Gasteiger charge is -2.34. The average molecular weight is 292 g/mol. The number of phenols is 1. The fraction of sp³-hybridized carbons (Fsp3) is 0.467. The summed E-state index contributed by atoms with van der Waals surface area (Å²) in [4.78, 5) is 26.6. The highest BCUT2D eigenvalue weighted by Crippen LogP contribution is 2.13. The van der Waals surface area contributed by atoms with Crippen LogP contribution >= 0.6 is 0 Å². The average Bonchev–Trinajstić information content (AvgIpc) is 2.45. The van der Waals surface area contributed by atoms with Crippen LogP contribution in [-0.4, -0.2) is 64.6 Å². The first kappa shape index (κ1) is 15.3. The monoisotopic (exact) mass is 292 g/mol. The SMILES string of the molecule is O=C(O)CCN1CCN(C(=O)Cc2cccc(O)c2)CC1. The van der Waals surface area contributed by atoms with Gasteiger partial charge in [0.05, 0.1) is 12.8 Å². The molecule has 1 amide bonds. The summed E-state index contributed by atoms with van der Waals surface area (Å²) in [6.45, 7) is 3.19. The van der Waals surface area contributed by atoms with Gasteiger partial charge in [-0.2, -0.15) is 0 Å². The highest BCUT2D eigenvalue weighted by molar-refractivity contribution is 5.79. The number of carbonyl (C=O) groups excluding carboxylic acids is 1. The van der Waals surface area contributed by atoms with Crippen LogP contribution < -0.4 is 0 Å². The Morgan fingerprint density at radius 3 is 2.48 bits per heavy atom. The van der Waals surface area contributed by atoms with Crippen LogP contribution in [0.1, 0.15) is 12.0 Å². The van der Waals surface area contributed by atoms with Gasteiger partial charge in [-0.25, -0.2) is 0 Å². The van der Waals surface area contributed by atoms with Gasteiger partial charge in [0.25, 0.3) is 0 Å². The number of phenolic OH excluding ortho intramolecular Hbond substituents is 1. The number of benzene rings is 1. The van der Waals surface area contributed by atoms with Crippen molar-refractivity contribution in [1.82, 2.24) is 9.80 Å². The molecule has 2 N–H and O–H groups in total. The minimum Gasteiger partial charge on any atom is -0.508 e. The number of hydrogen-bond donors (Lipinski definition) is 2. The van der Waals surface area contributed by atoms with Gasteiger partial charge in [-0.1, -0.05) is 12.1 Å². The molecule has 0 bridgehead atoms. The lowest BCUT2D eigenvalue weighted by atomic mass is 10.1. The zero-order valence-corrected chi connectivity index (χ0v) is 11.9. The standard InChI is InChI=1S/C15H20N2O4/c18-13-3-1-2-12(10-13)11-14(19)17-8-6-16(7-9-17)5-4-15(20)21/h1-3,10,18H,4-9,11H2,(H,20,21). The van der Waals surface area contributed by atoms with Crippen LogP contribution in [0.2, 0.25) is 0 Å². The second kappa shape index (κ2) is 7.08. The molecular weight excluding hydrogens is 272 g/mol. The lowest BCUT2D eigenvalue weighted by molar-refractivity contribution is -0.138. The molecule has 0 unspecified atom stereocenters. The van der Waals surface area contributed by atoms with Gasteiger partial charge >= 0.3 is 5.97 Å². The molecule has 0 saturated carbocycles. The van der Waals surface area contributed by atoms with Crippen molar-refractivity contribution in [3.63, 3.8) is 0 Å². The van der Waals surface area contributed by atoms with Gasteiger partial charge in [-0.3, -0.25) is 14.5 Å². The van der Waals surface area contributed by atoms with Crippen LogP contribution in [0.25, 0.3) is 0 Å². The van der Waals surface area contributed by atoms with Gasteiger partial charge in [0, 0.05) is 32.7 Å². The lowest BCUT2D eigenvalue weighted by Crippen LogP contribution is -2.49. The molecule has 1 saturated heterocycles. The predicted octanol–water partition coefficient (Wildman–Crippen LogP) is 0.554. The summed E-state index contributed by atoms with van der Waals surface area (Å²) >= 11 is 0. The van der Waals surface area contributed by atoms with Gasteiger partial charge in [0.15, 0.2) is 0 Å². The number of carbonyl (C=O) groups is 2. The number of carboxylic acid groups (broad SMARTS) is 1. The summed E-state index contributed by atoms with van der Waals surface area (Å²) in [5.41, 5.74) is 0.799. The third-order valence-electron chi connectivity index (χ3n) is 3.63. The van der Waals surface area contributed by atoms with E-state index < -0.39 is 5.97 Å². The van der Waals surface area contributed by atoms with Crippen LogP contribution in [0.3, 0.4) is 0 Å². The van der Waals surface area contributed by atoms with Crippen molar-refractivity contribution in [3.8, 4) is 5.75 Å². The Morgan fingerprint density at radius 1 is 1.14 bits per heavy atom. The van der Waals surface area contributed by atoms with Crippen LogP contribution in [0.15, 0.2) is 24.3 Å². The van der Waals surface area contributed by atoms with Crippen molar-refractivity contribution in [3.05, 3.63) is 29.8 Å². The maximum absolute atomic E-state index is 12.2. The Morgan fingerprint density at radius 2 is 1.86 bits per heavy atom. The molecule has 0 aliphatic carbocycles. The molecule has 1 aliphatic heterocycles. The number of piperazine rings is 1. The normalized spacial score (nSPS) is 15.9. The summed E-state index contributed by atoms with van der Waals surface area (Å²) in [6.07, 6.45) is 0.417. The molecule has 1 aliphatic rings. The molecule has 1 fully saturated rings. The number of aliphatic carboxylic acids is 1. The van der Waals surface area contributed by atoms with Crippen LogP contribution in [0.4, 0.5) is 0 Å². The molecule has 6 nitrogen and oxygen atoms in total. The van der Waals surface area contributed by atoms with Crippen molar-refractivity contribution >= 4 is 11.9 Å². The first-order chi connectivity index (χ1) is 10.0. The van der Waals surface area contributed by atoms with E-state index in [2.05, 4.69) is 4.90 Å². The molecule has 0 radical (unpaired) electrons. The van der Waals surface area contributed by atoms with Crippen LogP contribution in [-0.2, 0) is 16.0 Å². The summed E-state index contributed by atoms with van der Waals surface area (Å²) in [5.74, 6) is -0.588. The van der Waals surface area contributed by atoms with E-state index in [1.54, 1.807) is 23.1 Å². The first-order valence-corrected chi connectivity index (χ1v) is 7.04. The van der Waals surface area contributed by atoms with Crippen molar-refractivity contribution in [2.75, 3.05) is 32.7 Å². The van der Waals surface area contributed by atoms with Gasteiger partial charge in [0.2, 0.25) is 5.91 Å². The Hall–Kier alpha value is -2.08. The third kappa shape index (κ3) is 4.75. The zero-order chi connectivity index (χ0) is 15.2. The van der Waals surface area contributed by atoms with E-state index in [0.717, 1.165) is 5.56 Å². The quantitative estimate of drug-likeness (QED) is 0.828. The van der Waals surface area contributed by atoms with Gasteiger partial charge < -0.3 is 15.1 Å². The molecule has 21 heavy (non-hydrogen) atoms. The van der Waals surface area contributed by atoms with Crippen LogP contribution in [0.5, 0.6) is 5.75 Å². The van der Waals surface area contributed by atoms with E-state index in [4.69, 9.17) is 5.11 Å². The van der Waals surface area contributed by atoms with Crippen molar-refractivity contribution < 1.29 is 19.8 Å². The van der Waals surface area contributed by atoms with E-state index in [1.165, 1.54) is 0 Å². The minimum absolute atomic E-state index is 0.0403. The molecular formula is C15H20N2O4. The molecule has 1 aromatic carbocycles. The molecule has 1 heterocycles. The fourth-order valence-electron chi connectivity index (χ4n) is 2.43. The van der Waals surface area contributed by atoms with Gasteiger partial charge in [0.1, 0.15) is 5.75 Å². The number of aromatic hydroxyl groups is 1. The molecule has 0 atom stereocenters. The highest BCUT2D eigenvalue weighted by atomic mass is 16.4. The second-order valence-corrected chi connectivity index (χ2v) is 5.21. The molecule has 0 aromatic heterocycles. The van der Waals surface area contributed by atoms with Gasteiger partial charge in [-0.05, 0) is 17.7 Å². The number of amides is 1. The van der Waals surface area contributed by atoms with Gasteiger partial charge in [-0.15, -0.1) is 0 Å². The smallest absolute Gasteiger partial charge is 0.304 e. The number of nitrogens with zero attached hydrogens (tertiary/aromatic N) is 2. The van der Waals surface area contributed by atoms with E-state index in [1.807, 2.05) is 6.07 Å².